The summed E-state index contributed by atoms with van der Waals surface area (Å²) in [4.78, 5) is 14.2. The molecule has 0 bridgehead atoms. The second-order valence-electron chi connectivity index (χ2n) is 7.20. The number of piperidine rings is 1. The lowest BCUT2D eigenvalue weighted by Crippen LogP contribution is -2.37. The fourth-order valence-corrected chi connectivity index (χ4v) is 3.04. The summed E-state index contributed by atoms with van der Waals surface area (Å²) in [6, 6.07) is 8.48. The summed E-state index contributed by atoms with van der Waals surface area (Å²) >= 11 is 0. The first-order chi connectivity index (χ1) is 12.0. The number of rotatable bonds is 8. The van der Waals surface area contributed by atoms with E-state index in [1.54, 1.807) is 0 Å². The molecular formula is C21H32N2O2. The van der Waals surface area contributed by atoms with Crippen LogP contribution in [0.1, 0.15) is 56.6 Å². The second-order valence-corrected chi connectivity index (χ2v) is 7.20. The number of hydrogen-bond donors (Lipinski definition) is 2. The van der Waals surface area contributed by atoms with Gasteiger partial charge in [-0.05, 0) is 42.9 Å². The Morgan fingerprint density at radius 1 is 1.28 bits per heavy atom. The Hall–Kier alpha value is -1.65. The van der Waals surface area contributed by atoms with E-state index < -0.39 is 0 Å². The Morgan fingerprint density at radius 3 is 2.60 bits per heavy atom. The minimum atomic E-state index is -0.121. The summed E-state index contributed by atoms with van der Waals surface area (Å²) in [5, 5.41) is 12.5. The number of aliphatic hydroxyl groups is 1. The van der Waals surface area contributed by atoms with Gasteiger partial charge in [0.05, 0.1) is 6.10 Å². The van der Waals surface area contributed by atoms with Crippen molar-refractivity contribution in [1.82, 2.24) is 10.2 Å². The standard InChI is InChI=1S/C21H32N2O2/c1-17(2)19-9-7-18(8-10-19)5-3-6-21(25)22-13-4-14-23-15-11-20(24)12-16-23/h3,5,7-10,17,20,24H,4,6,11-16H2,1-2H3,(H,22,25)/b5-3+. The number of likely N-dealkylation sites (tertiary alicyclic amines) is 1. The van der Waals surface area contributed by atoms with Gasteiger partial charge in [0.25, 0.3) is 0 Å². The molecule has 1 aliphatic rings. The predicted octanol–water partition coefficient (Wildman–Crippen LogP) is 3.18. The Balaban J connectivity index is 1.58. The molecule has 4 heteroatoms. The van der Waals surface area contributed by atoms with Gasteiger partial charge in [0.1, 0.15) is 0 Å². The molecule has 1 heterocycles. The lowest BCUT2D eigenvalue weighted by molar-refractivity contribution is -0.120. The molecule has 1 fully saturated rings. The third kappa shape index (κ3) is 7.41. The van der Waals surface area contributed by atoms with E-state index in [-0.39, 0.29) is 12.0 Å². The average molecular weight is 344 g/mol. The Morgan fingerprint density at radius 2 is 1.96 bits per heavy atom. The molecule has 0 aromatic heterocycles. The van der Waals surface area contributed by atoms with Crippen molar-refractivity contribution in [1.29, 1.82) is 0 Å². The fourth-order valence-electron chi connectivity index (χ4n) is 3.04. The first kappa shape index (κ1) is 19.7. The van der Waals surface area contributed by atoms with Crippen molar-refractivity contribution in [2.75, 3.05) is 26.2 Å². The number of benzene rings is 1. The summed E-state index contributed by atoms with van der Waals surface area (Å²) in [6.45, 7) is 8.01. The average Bonchev–Trinajstić information content (AvgIpc) is 2.61. The van der Waals surface area contributed by atoms with E-state index in [2.05, 4.69) is 48.3 Å². The maximum atomic E-state index is 11.9. The summed E-state index contributed by atoms with van der Waals surface area (Å²) in [5.74, 6) is 0.614. The lowest BCUT2D eigenvalue weighted by Gasteiger charge is -2.29. The molecule has 2 N–H and O–H groups in total. The first-order valence-electron chi connectivity index (χ1n) is 9.48. The number of nitrogens with one attached hydrogen (secondary N) is 1. The summed E-state index contributed by atoms with van der Waals surface area (Å²) in [7, 11) is 0. The van der Waals surface area contributed by atoms with Crippen LogP contribution in [-0.2, 0) is 4.79 Å². The number of aliphatic hydroxyl groups excluding tert-OH is 1. The molecule has 1 amide bonds. The number of carbonyl (C=O) groups excluding carboxylic acids is 1. The monoisotopic (exact) mass is 344 g/mol. The highest BCUT2D eigenvalue weighted by molar-refractivity contribution is 5.78. The Bertz CT molecular complexity index is 544. The molecule has 2 rings (SSSR count). The summed E-state index contributed by atoms with van der Waals surface area (Å²) in [5.41, 5.74) is 2.46. The van der Waals surface area contributed by atoms with Crippen LogP contribution < -0.4 is 5.32 Å². The van der Waals surface area contributed by atoms with Crippen molar-refractivity contribution < 1.29 is 9.90 Å². The van der Waals surface area contributed by atoms with Crippen molar-refractivity contribution >= 4 is 12.0 Å². The van der Waals surface area contributed by atoms with Gasteiger partial charge in [-0.1, -0.05) is 50.3 Å². The molecule has 4 nitrogen and oxygen atoms in total. The van der Waals surface area contributed by atoms with E-state index >= 15 is 0 Å². The van der Waals surface area contributed by atoms with E-state index in [0.29, 0.717) is 12.3 Å². The van der Waals surface area contributed by atoms with Gasteiger partial charge in [0, 0.05) is 26.1 Å². The van der Waals surface area contributed by atoms with E-state index in [0.717, 1.165) is 51.0 Å². The maximum absolute atomic E-state index is 11.9. The topological polar surface area (TPSA) is 52.6 Å². The highest BCUT2D eigenvalue weighted by atomic mass is 16.3. The fraction of sp³-hybridized carbons (Fsp3) is 0.571. The smallest absolute Gasteiger partial charge is 0.223 e. The molecule has 25 heavy (non-hydrogen) atoms. The van der Waals surface area contributed by atoms with E-state index in [1.807, 2.05) is 12.2 Å². The van der Waals surface area contributed by atoms with Crippen molar-refractivity contribution in [3.8, 4) is 0 Å². The molecule has 0 radical (unpaired) electrons. The molecular weight excluding hydrogens is 312 g/mol. The van der Waals surface area contributed by atoms with Gasteiger partial charge in [-0.25, -0.2) is 0 Å². The minimum Gasteiger partial charge on any atom is -0.393 e. The number of carbonyl (C=O) groups is 1. The van der Waals surface area contributed by atoms with Crippen molar-refractivity contribution in [3.05, 3.63) is 41.5 Å². The SMILES string of the molecule is CC(C)c1ccc(/C=C/CC(=O)NCCCN2CCC(O)CC2)cc1. The van der Waals surface area contributed by atoms with Crippen molar-refractivity contribution in [2.24, 2.45) is 0 Å². The molecule has 1 aliphatic heterocycles. The van der Waals surface area contributed by atoms with E-state index in [4.69, 9.17) is 0 Å². The van der Waals surface area contributed by atoms with E-state index in [9.17, 15) is 9.90 Å². The van der Waals surface area contributed by atoms with Gasteiger partial charge in [-0.2, -0.15) is 0 Å². The highest BCUT2D eigenvalue weighted by Crippen LogP contribution is 2.15. The van der Waals surface area contributed by atoms with Crippen LogP contribution in [-0.4, -0.2) is 48.2 Å². The Labute approximate surface area is 151 Å². The van der Waals surface area contributed by atoms with Crippen molar-refractivity contribution in [2.45, 2.75) is 51.6 Å². The molecule has 0 unspecified atom stereocenters. The van der Waals surface area contributed by atoms with Gasteiger partial charge in [0.15, 0.2) is 0 Å². The largest absolute Gasteiger partial charge is 0.393 e. The zero-order valence-corrected chi connectivity index (χ0v) is 15.6. The van der Waals surface area contributed by atoms with Gasteiger partial charge in [0.2, 0.25) is 5.91 Å². The minimum absolute atomic E-state index is 0.0733. The molecule has 0 atom stereocenters. The van der Waals surface area contributed by atoms with Crippen LogP contribution in [0.3, 0.4) is 0 Å². The first-order valence-corrected chi connectivity index (χ1v) is 9.48. The van der Waals surface area contributed by atoms with Crippen LogP contribution in [0, 0.1) is 0 Å². The predicted molar refractivity (Wildman–Crippen MR) is 103 cm³/mol. The summed E-state index contributed by atoms with van der Waals surface area (Å²) < 4.78 is 0. The molecule has 0 saturated carbocycles. The van der Waals surface area contributed by atoms with Crippen molar-refractivity contribution in [3.63, 3.8) is 0 Å². The number of hydrogen-bond acceptors (Lipinski definition) is 3. The van der Waals surface area contributed by atoms with Gasteiger partial charge in [-0.15, -0.1) is 0 Å². The molecule has 138 valence electrons. The van der Waals surface area contributed by atoms with Crippen LogP contribution in [0.15, 0.2) is 30.3 Å². The second kappa shape index (κ2) is 10.4. The molecule has 1 aromatic carbocycles. The summed E-state index contributed by atoms with van der Waals surface area (Å²) in [6.07, 6.45) is 6.92. The highest BCUT2D eigenvalue weighted by Gasteiger charge is 2.15. The van der Waals surface area contributed by atoms with Crippen LogP contribution >= 0.6 is 0 Å². The third-order valence-electron chi connectivity index (χ3n) is 4.75. The van der Waals surface area contributed by atoms with Crippen LogP contribution in [0.25, 0.3) is 6.08 Å². The van der Waals surface area contributed by atoms with Crippen LogP contribution in [0.4, 0.5) is 0 Å². The zero-order chi connectivity index (χ0) is 18.1. The van der Waals surface area contributed by atoms with E-state index in [1.165, 1.54) is 5.56 Å². The van der Waals surface area contributed by atoms with Crippen LogP contribution in [0.2, 0.25) is 0 Å². The third-order valence-corrected chi connectivity index (χ3v) is 4.75. The zero-order valence-electron chi connectivity index (χ0n) is 15.6. The molecule has 0 aliphatic carbocycles. The maximum Gasteiger partial charge on any atom is 0.223 e. The van der Waals surface area contributed by atoms with Gasteiger partial charge < -0.3 is 15.3 Å². The number of amides is 1. The van der Waals surface area contributed by atoms with Crippen LogP contribution in [0.5, 0.6) is 0 Å². The quantitative estimate of drug-likeness (QED) is 0.712. The molecule has 1 saturated heterocycles. The number of nitrogens with zero attached hydrogens (tertiary/aromatic N) is 1. The lowest BCUT2D eigenvalue weighted by atomic mass is 10.0. The van der Waals surface area contributed by atoms with Gasteiger partial charge in [-0.3, -0.25) is 4.79 Å². The molecule has 0 spiro atoms. The normalized spacial score (nSPS) is 16.6. The Kier molecular flexibility index (Phi) is 8.16. The van der Waals surface area contributed by atoms with Gasteiger partial charge >= 0.3 is 0 Å². The molecule has 1 aromatic rings.